The number of ether oxygens (including phenoxy) is 3. The summed E-state index contributed by atoms with van der Waals surface area (Å²) in [6.45, 7) is 0.896. The molecule has 30 heavy (non-hydrogen) atoms. The highest BCUT2D eigenvalue weighted by Crippen LogP contribution is 2.31. The Hall–Kier alpha value is -3.72. The molecule has 9 nitrogen and oxygen atoms in total. The van der Waals surface area contributed by atoms with Crippen LogP contribution < -0.4 is 9.47 Å². The molecule has 1 atom stereocenters. The van der Waals surface area contributed by atoms with Crippen LogP contribution in [0.4, 0.5) is 0 Å². The fourth-order valence-corrected chi connectivity index (χ4v) is 3.37. The predicted molar refractivity (Wildman–Crippen MR) is 106 cm³/mol. The van der Waals surface area contributed by atoms with Gasteiger partial charge in [0.05, 0.1) is 33.1 Å². The van der Waals surface area contributed by atoms with E-state index in [1.54, 1.807) is 14.2 Å². The molecular weight excluding hydrogens is 386 g/mol. The van der Waals surface area contributed by atoms with Crippen molar-refractivity contribution in [1.29, 1.82) is 0 Å². The Morgan fingerprint density at radius 3 is 2.37 bits per heavy atom. The molecule has 5 rings (SSSR count). The van der Waals surface area contributed by atoms with Crippen LogP contribution in [0.2, 0.25) is 0 Å². The first kappa shape index (κ1) is 18.3. The summed E-state index contributed by atoms with van der Waals surface area (Å²) >= 11 is 0. The van der Waals surface area contributed by atoms with Crippen molar-refractivity contribution in [1.82, 2.24) is 25.1 Å². The normalized spacial score (nSPS) is 15.6. The van der Waals surface area contributed by atoms with E-state index >= 15 is 0 Å². The van der Waals surface area contributed by atoms with Crippen LogP contribution in [0.5, 0.6) is 11.5 Å². The molecule has 2 aromatic heterocycles. The maximum atomic E-state index is 6.06. The second-order valence-electron chi connectivity index (χ2n) is 6.79. The zero-order chi connectivity index (χ0) is 20.5. The van der Waals surface area contributed by atoms with Gasteiger partial charge in [-0.25, -0.2) is 4.68 Å². The lowest BCUT2D eigenvalue weighted by Gasteiger charge is -2.24. The van der Waals surface area contributed by atoms with E-state index in [1.807, 2.05) is 53.2 Å². The molecule has 9 heteroatoms. The summed E-state index contributed by atoms with van der Waals surface area (Å²) in [6, 6.07) is 15.3. The van der Waals surface area contributed by atoms with Gasteiger partial charge >= 0.3 is 0 Å². The van der Waals surface area contributed by atoms with Gasteiger partial charge in [-0.15, -0.1) is 5.10 Å². The largest absolute Gasteiger partial charge is 0.497 e. The maximum absolute atomic E-state index is 6.06. The predicted octanol–water partition coefficient (Wildman–Crippen LogP) is 3.28. The van der Waals surface area contributed by atoms with Gasteiger partial charge in [-0.05, 0) is 42.0 Å². The van der Waals surface area contributed by atoms with E-state index in [0.29, 0.717) is 30.6 Å². The van der Waals surface area contributed by atoms with Gasteiger partial charge in [0.2, 0.25) is 5.82 Å². The summed E-state index contributed by atoms with van der Waals surface area (Å²) in [7, 11) is 3.27. The van der Waals surface area contributed by atoms with Crippen molar-refractivity contribution in [3.05, 3.63) is 59.8 Å². The van der Waals surface area contributed by atoms with Crippen LogP contribution in [0, 0.1) is 0 Å². The summed E-state index contributed by atoms with van der Waals surface area (Å²) in [5.41, 5.74) is 3.22. The van der Waals surface area contributed by atoms with Crippen LogP contribution in [0.25, 0.3) is 23.0 Å². The minimum absolute atomic E-state index is 0.115. The molecule has 2 aromatic carbocycles. The van der Waals surface area contributed by atoms with Gasteiger partial charge in [0, 0.05) is 5.56 Å². The standard InChI is InChI=1S/C21H19N5O4/c1-27-15-7-3-13(4-8-15)18-11-26-17(12-29-18)19(23-25-26)21-22-20(24-30-21)14-5-9-16(28-2)10-6-14/h3-10,18H,11-12H2,1-2H3/t18-/m0/s1. The van der Waals surface area contributed by atoms with E-state index in [0.717, 1.165) is 28.3 Å². The molecule has 0 radical (unpaired) electrons. The third-order valence-electron chi connectivity index (χ3n) is 5.06. The van der Waals surface area contributed by atoms with Crippen molar-refractivity contribution in [2.45, 2.75) is 19.3 Å². The van der Waals surface area contributed by atoms with Gasteiger partial charge in [0.15, 0.2) is 5.69 Å². The van der Waals surface area contributed by atoms with Gasteiger partial charge < -0.3 is 18.7 Å². The van der Waals surface area contributed by atoms with E-state index in [2.05, 4.69) is 20.5 Å². The molecular formula is C21H19N5O4. The first-order chi connectivity index (χ1) is 14.7. The molecule has 1 aliphatic heterocycles. The Kier molecular flexibility index (Phi) is 4.64. The van der Waals surface area contributed by atoms with Crippen molar-refractivity contribution in [2.75, 3.05) is 14.2 Å². The highest BCUT2D eigenvalue weighted by Gasteiger charge is 2.28. The smallest absolute Gasteiger partial charge is 0.280 e. The minimum Gasteiger partial charge on any atom is -0.497 e. The van der Waals surface area contributed by atoms with Gasteiger partial charge in [-0.3, -0.25) is 0 Å². The molecule has 152 valence electrons. The molecule has 0 aliphatic carbocycles. The van der Waals surface area contributed by atoms with Crippen molar-refractivity contribution in [3.63, 3.8) is 0 Å². The summed E-state index contributed by atoms with van der Waals surface area (Å²) in [6.07, 6.45) is -0.115. The molecule has 0 N–H and O–H groups in total. The van der Waals surface area contributed by atoms with Crippen molar-refractivity contribution in [3.8, 4) is 34.5 Å². The van der Waals surface area contributed by atoms with Crippen molar-refractivity contribution in [2.24, 2.45) is 0 Å². The molecule has 0 saturated carbocycles. The number of benzene rings is 2. The average molecular weight is 405 g/mol. The Balaban J connectivity index is 1.37. The number of hydrogen-bond donors (Lipinski definition) is 0. The average Bonchev–Trinajstić information content (AvgIpc) is 3.46. The topological polar surface area (TPSA) is 97.3 Å². The van der Waals surface area contributed by atoms with E-state index in [4.69, 9.17) is 18.7 Å². The highest BCUT2D eigenvalue weighted by molar-refractivity contribution is 5.59. The van der Waals surface area contributed by atoms with Crippen LogP contribution in [0.3, 0.4) is 0 Å². The van der Waals surface area contributed by atoms with Crippen molar-refractivity contribution >= 4 is 0 Å². The quantitative estimate of drug-likeness (QED) is 0.499. The number of hydrogen-bond acceptors (Lipinski definition) is 8. The highest BCUT2D eigenvalue weighted by atomic mass is 16.5. The first-order valence-electron chi connectivity index (χ1n) is 9.41. The summed E-state index contributed by atoms with van der Waals surface area (Å²) in [5.74, 6) is 2.36. The van der Waals surface area contributed by atoms with E-state index in [9.17, 15) is 0 Å². The Bertz CT molecular complexity index is 1150. The van der Waals surface area contributed by atoms with Gasteiger partial charge in [-0.1, -0.05) is 22.5 Å². The number of rotatable bonds is 5. The molecule has 0 fully saturated rings. The lowest BCUT2D eigenvalue weighted by Crippen LogP contribution is -2.22. The van der Waals surface area contributed by atoms with Gasteiger partial charge in [0.1, 0.15) is 17.6 Å². The monoisotopic (exact) mass is 405 g/mol. The van der Waals surface area contributed by atoms with Crippen LogP contribution in [-0.4, -0.2) is 39.4 Å². The lowest BCUT2D eigenvalue weighted by molar-refractivity contribution is -0.00119. The van der Waals surface area contributed by atoms with Crippen molar-refractivity contribution < 1.29 is 18.7 Å². The van der Waals surface area contributed by atoms with Crippen LogP contribution in [-0.2, 0) is 17.9 Å². The molecule has 0 saturated heterocycles. The van der Waals surface area contributed by atoms with Crippen LogP contribution in [0.1, 0.15) is 17.4 Å². The van der Waals surface area contributed by atoms with Crippen LogP contribution >= 0.6 is 0 Å². The Morgan fingerprint density at radius 2 is 1.67 bits per heavy atom. The molecule has 3 heterocycles. The summed E-state index contributed by atoms with van der Waals surface area (Å²) < 4.78 is 23.7. The minimum atomic E-state index is -0.115. The van der Waals surface area contributed by atoms with Gasteiger partial charge in [-0.2, -0.15) is 4.98 Å². The van der Waals surface area contributed by atoms with Crippen LogP contribution in [0.15, 0.2) is 53.1 Å². The van der Waals surface area contributed by atoms with E-state index < -0.39 is 0 Å². The molecule has 0 bridgehead atoms. The molecule has 0 unspecified atom stereocenters. The van der Waals surface area contributed by atoms with E-state index in [1.165, 1.54) is 0 Å². The number of aromatic nitrogens is 5. The third-order valence-corrected chi connectivity index (χ3v) is 5.06. The number of methoxy groups -OCH3 is 2. The SMILES string of the molecule is COc1ccc(-c2noc(-c3nnn4c3CO[C@H](c3ccc(OC)cc3)C4)n2)cc1. The Labute approximate surface area is 172 Å². The number of fused-ring (bicyclic) bond motifs is 1. The summed E-state index contributed by atoms with van der Waals surface area (Å²) in [5, 5.41) is 12.6. The zero-order valence-electron chi connectivity index (χ0n) is 16.5. The fourth-order valence-electron chi connectivity index (χ4n) is 3.37. The first-order valence-corrected chi connectivity index (χ1v) is 9.41. The Morgan fingerprint density at radius 1 is 0.967 bits per heavy atom. The molecule has 0 spiro atoms. The van der Waals surface area contributed by atoms with Gasteiger partial charge in [0.25, 0.3) is 5.89 Å². The number of nitrogens with zero attached hydrogens (tertiary/aromatic N) is 5. The molecule has 4 aromatic rings. The second kappa shape index (κ2) is 7.60. The zero-order valence-corrected chi connectivity index (χ0v) is 16.5. The fraction of sp³-hybridized carbons (Fsp3) is 0.238. The van der Waals surface area contributed by atoms with E-state index in [-0.39, 0.29) is 6.10 Å². The summed E-state index contributed by atoms with van der Waals surface area (Å²) in [4.78, 5) is 4.48. The maximum Gasteiger partial charge on any atom is 0.280 e. The molecule has 1 aliphatic rings. The lowest BCUT2D eigenvalue weighted by atomic mass is 10.1. The molecule has 0 amide bonds. The third kappa shape index (κ3) is 3.29. The second-order valence-corrected chi connectivity index (χ2v) is 6.79.